The molecule has 0 bridgehead atoms. The number of fused-ring (bicyclic) bond motifs is 1. The van der Waals surface area contributed by atoms with Crippen LogP contribution in [-0.4, -0.2) is 35.1 Å². The Labute approximate surface area is 227 Å². The molecule has 2 aliphatic rings. The number of anilines is 1. The molecule has 1 amide bonds. The first kappa shape index (κ1) is 27.5. The predicted octanol–water partition coefficient (Wildman–Crippen LogP) is 7.44. The molecule has 2 heterocycles. The zero-order valence-electron chi connectivity index (χ0n) is 20.8. The summed E-state index contributed by atoms with van der Waals surface area (Å²) < 4.78 is 47.1. The summed E-state index contributed by atoms with van der Waals surface area (Å²) in [6.07, 6.45) is -5.08. The lowest BCUT2D eigenvalue weighted by Gasteiger charge is -2.45. The van der Waals surface area contributed by atoms with Crippen molar-refractivity contribution in [2.24, 2.45) is 0 Å². The minimum Gasteiger partial charge on any atom is -0.462 e. The second kappa shape index (κ2) is 9.96. The molecule has 0 atom stereocenters. The van der Waals surface area contributed by atoms with Crippen LogP contribution in [0.2, 0.25) is 0 Å². The number of rotatable bonds is 3. The van der Waals surface area contributed by atoms with Crippen LogP contribution in [0.1, 0.15) is 43.0 Å². The SMILES string of the molecule is CCOC(=O)C1=C(c2ccccc2)S/C(=C2\C(=S)C(C)(C)N(C(=O)C(F)(F)F)c3cc(C)c(C)cc32)S1. The van der Waals surface area contributed by atoms with Gasteiger partial charge < -0.3 is 4.74 Å². The van der Waals surface area contributed by atoms with Gasteiger partial charge >= 0.3 is 18.1 Å². The fourth-order valence-corrected chi connectivity index (χ4v) is 7.35. The lowest BCUT2D eigenvalue weighted by atomic mass is 9.82. The molecule has 0 aliphatic carbocycles. The number of aryl methyl sites for hydroxylation is 2. The highest BCUT2D eigenvalue weighted by Gasteiger charge is 2.53. The maximum atomic E-state index is 13.7. The van der Waals surface area contributed by atoms with E-state index < -0.39 is 23.6 Å². The average Bonchev–Trinajstić information content (AvgIpc) is 3.26. The molecule has 0 N–H and O–H groups in total. The largest absolute Gasteiger partial charge is 0.471 e. The molecule has 0 saturated heterocycles. The first-order valence-electron chi connectivity index (χ1n) is 11.4. The van der Waals surface area contributed by atoms with Gasteiger partial charge in [-0.25, -0.2) is 4.79 Å². The zero-order valence-corrected chi connectivity index (χ0v) is 23.2. The molecular weight excluding hydrogens is 539 g/mol. The Hall–Kier alpha value is -2.56. The third-order valence-corrected chi connectivity index (χ3v) is 9.54. The third kappa shape index (κ3) is 4.86. The molecule has 0 radical (unpaired) electrons. The Bertz CT molecular complexity index is 1380. The van der Waals surface area contributed by atoms with Gasteiger partial charge in [-0.1, -0.05) is 66.1 Å². The van der Waals surface area contributed by atoms with Gasteiger partial charge in [0.1, 0.15) is 4.91 Å². The minimum atomic E-state index is -5.08. The summed E-state index contributed by atoms with van der Waals surface area (Å²) in [5.74, 6) is -2.46. The van der Waals surface area contributed by atoms with Crippen LogP contribution in [0.4, 0.5) is 18.9 Å². The Kier molecular flexibility index (Phi) is 7.40. The van der Waals surface area contributed by atoms with Crippen molar-refractivity contribution in [2.75, 3.05) is 11.5 Å². The van der Waals surface area contributed by atoms with Gasteiger partial charge in [0.15, 0.2) is 0 Å². The number of benzene rings is 2. The molecule has 10 heteroatoms. The highest BCUT2D eigenvalue weighted by Crippen LogP contribution is 2.59. The number of carbonyl (C=O) groups excluding carboxylic acids is 2. The van der Waals surface area contributed by atoms with E-state index >= 15 is 0 Å². The smallest absolute Gasteiger partial charge is 0.462 e. The zero-order chi connectivity index (χ0) is 27.3. The van der Waals surface area contributed by atoms with Gasteiger partial charge in [0.25, 0.3) is 0 Å². The summed E-state index contributed by atoms with van der Waals surface area (Å²) in [5.41, 5.74) is 2.05. The second-order valence-corrected chi connectivity index (χ2v) is 11.8. The molecule has 0 fully saturated rings. The highest BCUT2D eigenvalue weighted by molar-refractivity contribution is 8.32. The van der Waals surface area contributed by atoms with E-state index in [0.29, 0.717) is 25.2 Å². The van der Waals surface area contributed by atoms with Crippen LogP contribution in [0.15, 0.2) is 51.6 Å². The number of thioether (sulfide) groups is 2. The summed E-state index contributed by atoms with van der Waals surface area (Å²) >= 11 is 8.33. The Morgan fingerprint density at radius 3 is 2.27 bits per heavy atom. The monoisotopic (exact) mass is 563 g/mol. The first-order chi connectivity index (χ1) is 17.3. The van der Waals surface area contributed by atoms with E-state index in [9.17, 15) is 22.8 Å². The quantitative estimate of drug-likeness (QED) is 0.220. The van der Waals surface area contributed by atoms with Crippen LogP contribution < -0.4 is 4.90 Å². The molecule has 0 unspecified atom stereocenters. The van der Waals surface area contributed by atoms with Gasteiger partial charge in [-0.3, -0.25) is 9.69 Å². The van der Waals surface area contributed by atoms with E-state index in [1.54, 1.807) is 26.0 Å². The van der Waals surface area contributed by atoms with E-state index in [-0.39, 0.29) is 17.2 Å². The molecule has 2 aromatic rings. The van der Waals surface area contributed by atoms with E-state index in [4.69, 9.17) is 17.0 Å². The van der Waals surface area contributed by atoms with Crippen LogP contribution in [0.25, 0.3) is 10.5 Å². The number of carbonyl (C=O) groups is 2. The van der Waals surface area contributed by atoms with Gasteiger partial charge in [0.05, 0.1) is 26.9 Å². The van der Waals surface area contributed by atoms with Gasteiger partial charge in [-0.15, -0.1) is 0 Å². The van der Waals surface area contributed by atoms with Crippen LogP contribution in [0.5, 0.6) is 0 Å². The maximum Gasteiger partial charge on any atom is 0.471 e. The predicted molar refractivity (Wildman–Crippen MR) is 148 cm³/mol. The Morgan fingerprint density at radius 1 is 1.05 bits per heavy atom. The van der Waals surface area contributed by atoms with Crippen molar-refractivity contribution in [1.82, 2.24) is 0 Å². The fraction of sp³-hybridized carbons (Fsp3) is 0.296. The van der Waals surface area contributed by atoms with Gasteiger partial charge in [-0.05, 0) is 63.4 Å². The third-order valence-electron chi connectivity index (χ3n) is 6.21. The van der Waals surface area contributed by atoms with Gasteiger partial charge in [0.2, 0.25) is 0 Å². The normalized spacial score (nSPS) is 19.2. The number of nitrogens with zero attached hydrogens (tertiary/aromatic N) is 1. The van der Waals surface area contributed by atoms with Crippen LogP contribution in [0.3, 0.4) is 0 Å². The van der Waals surface area contributed by atoms with E-state index in [1.807, 2.05) is 37.3 Å². The standard InChI is InChI=1S/C27H24F3NO3S3/c1-6-34-23(32)21-20(16-10-8-7-9-11-16)36-24(37-21)19-17-12-14(2)15(3)13-18(17)31(25(33)27(28,29)30)26(4,5)22(19)35/h7-13H,6H2,1-5H3/b24-19+. The molecule has 2 aromatic carbocycles. The lowest BCUT2D eigenvalue weighted by molar-refractivity contribution is -0.171. The summed E-state index contributed by atoms with van der Waals surface area (Å²) in [5, 5.41) is 0. The number of ether oxygens (including phenoxy) is 1. The number of halogens is 3. The fourth-order valence-electron chi connectivity index (χ4n) is 4.22. The van der Waals surface area contributed by atoms with Crippen LogP contribution >= 0.6 is 35.7 Å². The Balaban J connectivity index is 1.96. The number of esters is 1. The number of hydrogen-bond donors (Lipinski definition) is 0. The summed E-state index contributed by atoms with van der Waals surface area (Å²) in [7, 11) is 0. The van der Waals surface area contributed by atoms with Crippen molar-refractivity contribution in [3.63, 3.8) is 0 Å². The average molecular weight is 564 g/mol. The maximum absolute atomic E-state index is 13.7. The summed E-state index contributed by atoms with van der Waals surface area (Å²) in [4.78, 5) is 27.6. The lowest BCUT2D eigenvalue weighted by Crippen LogP contribution is -2.59. The molecule has 4 rings (SSSR count). The number of thiocarbonyl (C=S) groups is 1. The number of amides is 1. The molecule has 194 valence electrons. The van der Waals surface area contributed by atoms with Crippen molar-refractivity contribution in [3.05, 3.63) is 73.9 Å². The van der Waals surface area contributed by atoms with Crippen molar-refractivity contribution < 1.29 is 27.5 Å². The van der Waals surface area contributed by atoms with Gasteiger partial charge in [0, 0.05) is 16.0 Å². The molecular formula is C27H24F3NO3S3. The molecule has 37 heavy (non-hydrogen) atoms. The van der Waals surface area contributed by atoms with Crippen molar-refractivity contribution in [3.8, 4) is 0 Å². The van der Waals surface area contributed by atoms with E-state index in [1.165, 1.54) is 37.4 Å². The van der Waals surface area contributed by atoms with Gasteiger partial charge in [-0.2, -0.15) is 13.2 Å². The topological polar surface area (TPSA) is 46.6 Å². The molecule has 0 aromatic heterocycles. The number of hydrogen-bond acceptors (Lipinski definition) is 6. The van der Waals surface area contributed by atoms with Crippen molar-refractivity contribution in [2.45, 2.75) is 46.3 Å². The molecule has 0 saturated carbocycles. The highest BCUT2D eigenvalue weighted by atomic mass is 32.2. The summed E-state index contributed by atoms with van der Waals surface area (Å²) in [6, 6.07) is 12.7. The summed E-state index contributed by atoms with van der Waals surface area (Å²) in [6.45, 7) is 8.58. The van der Waals surface area contributed by atoms with Crippen LogP contribution in [0, 0.1) is 13.8 Å². The van der Waals surface area contributed by atoms with E-state index in [0.717, 1.165) is 21.6 Å². The molecule has 4 nitrogen and oxygen atoms in total. The van der Waals surface area contributed by atoms with E-state index in [2.05, 4.69) is 0 Å². The second-order valence-electron chi connectivity index (χ2n) is 9.09. The molecule has 0 spiro atoms. The minimum absolute atomic E-state index is 0.138. The van der Waals surface area contributed by atoms with Crippen molar-refractivity contribution in [1.29, 1.82) is 0 Å². The van der Waals surface area contributed by atoms with Crippen molar-refractivity contribution >= 4 is 68.6 Å². The first-order valence-corrected chi connectivity index (χ1v) is 13.5. The number of alkyl halides is 3. The Morgan fingerprint density at radius 2 is 1.68 bits per heavy atom. The van der Waals surface area contributed by atoms with Crippen LogP contribution in [-0.2, 0) is 14.3 Å². The molecule has 2 aliphatic heterocycles.